The predicted octanol–water partition coefficient (Wildman–Crippen LogP) is 1.67. The zero-order valence-corrected chi connectivity index (χ0v) is 13.2. The van der Waals surface area contributed by atoms with E-state index in [2.05, 4.69) is 10.6 Å². The second kappa shape index (κ2) is 8.06. The van der Waals surface area contributed by atoms with Crippen LogP contribution in [0.2, 0.25) is 0 Å². The monoisotopic (exact) mass is 322 g/mol. The SMILES string of the molecule is CC(NC(=O)CNC(=O)C1CCCC1)C(O)c1ccc(F)cc1. The molecular weight excluding hydrogens is 299 g/mol. The largest absolute Gasteiger partial charge is 0.386 e. The van der Waals surface area contributed by atoms with Gasteiger partial charge in [-0.2, -0.15) is 0 Å². The Morgan fingerprint density at radius 3 is 2.48 bits per heavy atom. The highest BCUT2D eigenvalue weighted by Crippen LogP contribution is 2.24. The lowest BCUT2D eigenvalue weighted by molar-refractivity contribution is -0.128. The number of aliphatic hydroxyl groups is 1. The van der Waals surface area contributed by atoms with Crippen molar-refractivity contribution in [3.63, 3.8) is 0 Å². The molecule has 2 atom stereocenters. The lowest BCUT2D eigenvalue weighted by Gasteiger charge is -2.21. The first kappa shape index (κ1) is 17.4. The van der Waals surface area contributed by atoms with Crippen molar-refractivity contribution in [2.75, 3.05) is 6.54 Å². The van der Waals surface area contributed by atoms with E-state index in [1.807, 2.05) is 0 Å². The molecule has 0 bridgehead atoms. The Hall–Kier alpha value is -1.95. The van der Waals surface area contributed by atoms with Crippen molar-refractivity contribution < 1.29 is 19.1 Å². The molecule has 1 fully saturated rings. The van der Waals surface area contributed by atoms with E-state index in [-0.39, 0.29) is 30.1 Å². The number of carbonyl (C=O) groups is 2. The fourth-order valence-corrected chi connectivity index (χ4v) is 2.83. The van der Waals surface area contributed by atoms with E-state index >= 15 is 0 Å². The third-order valence-electron chi connectivity index (χ3n) is 4.22. The number of hydrogen-bond donors (Lipinski definition) is 3. The van der Waals surface area contributed by atoms with Crippen LogP contribution >= 0.6 is 0 Å². The Labute approximate surface area is 135 Å². The Morgan fingerprint density at radius 2 is 1.87 bits per heavy atom. The fraction of sp³-hybridized carbons (Fsp3) is 0.529. The van der Waals surface area contributed by atoms with Gasteiger partial charge in [0.05, 0.1) is 18.7 Å². The van der Waals surface area contributed by atoms with Crippen LogP contribution in [-0.4, -0.2) is 29.5 Å². The van der Waals surface area contributed by atoms with E-state index in [0.717, 1.165) is 25.7 Å². The Morgan fingerprint density at radius 1 is 1.26 bits per heavy atom. The van der Waals surface area contributed by atoms with Crippen molar-refractivity contribution in [1.82, 2.24) is 10.6 Å². The first-order valence-corrected chi connectivity index (χ1v) is 7.98. The predicted molar refractivity (Wildman–Crippen MR) is 83.9 cm³/mol. The molecule has 3 N–H and O–H groups in total. The van der Waals surface area contributed by atoms with Gasteiger partial charge in [-0.25, -0.2) is 4.39 Å². The summed E-state index contributed by atoms with van der Waals surface area (Å²) in [6.45, 7) is 1.56. The third kappa shape index (κ3) is 5.03. The highest BCUT2D eigenvalue weighted by atomic mass is 19.1. The van der Waals surface area contributed by atoms with Gasteiger partial charge in [0.25, 0.3) is 0 Å². The van der Waals surface area contributed by atoms with Crippen LogP contribution in [0.1, 0.15) is 44.3 Å². The molecule has 1 aliphatic carbocycles. The molecule has 0 spiro atoms. The van der Waals surface area contributed by atoms with Crippen LogP contribution in [0.5, 0.6) is 0 Å². The van der Waals surface area contributed by atoms with Crippen molar-refractivity contribution in [3.8, 4) is 0 Å². The number of nitrogens with one attached hydrogen (secondary N) is 2. The summed E-state index contributed by atoms with van der Waals surface area (Å²) < 4.78 is 12.9. The molecule has 1 aromatic carbocycles. The molecule has 6 heteroatoms. The molecule has 2 amide bonds. The van der Waals surface area contributed by atoms with Gasteiger partial charge >= 0.3 is 0 Å². The van der Waals surface area contributed by atoms with E-state index < -0.39 is 12.1 Å². The summed E-state index contributed by atoms with van der Waals surface area (Å²) in [6.07, 6.45) is 2.95. The van der Waals surface area contributed by atoms with Crippen molar-refractivity contribution in [1.29, 1.82) is 0 Å². The average molecular weight is 322 g/mol. The molecule has 1 aromatic rings. The second-order valence-electron chi connectivity index (χ2n) is 6.05. The van der Waals surface area contributed by atoms with Gasteiger partial charge in [0, 0.05) is 5.92 Å². The van der Waals surface area contributed by atoms with Crippen LogP contribution in [-0.2, 0) is 9.59 Å². The van der Waals surface area contributed by atoms with Crippen molar-refractivity contribution >= 4 is 11.8 Å². The average Bonchev–Trinajstić information content (AvgIpc) is 3.07. The van der Waals surface area contributed by atoms with E-state index in [4.69, 9.17) is 0 Å². The fourth-order valence-electron chi connectivity index (χ4n) is 2.83. The van der Waals surface area contributed by atoms with Crippen LogP contribution in [0.4, 0.5) is 4.39 Å². The van der Waals surface area contributed by atoms with Gasteiger partial charge in [-0.05, 0) is 37.5 Å². The Kier molecular flexibility index (Phi) is 6.10. The molecule has 1 saturated carbocycles. The molecule has 0 aromatic heterocycles. The molecule has 5 nitrogen and oxygen atoms in total. The summed E-state index contributed by atoms with van der Waals surface area (Å²) in [7, 11) is 0. The van der Waals surface area contributed by atoms with Crippen LogP contribution in [0, 0.1) is 11.7 Å². The summed E-state index contributed by atoms with van der Waals surface area (Å²) in [5.74, 6) is -0.799. The van der Waals surface area contributed by atoms with Gasteiger partial charge in [0.15, 0.2) is 0 Å². The number of carbonyl (C=O) groups excluding carboxylic acids is 2. The van der Waals surface area contributed by atoms with Gasteiger partial charge < -0.3 is 15.7 Å². The molecule has 2 unspecified atom stereocenters. The van der Waals surface area contributed by atoms with Crippen LogP contribution in [0.15, 0.2) is 24.3 Å². The Balaban J connectivity index is 1.77. The summed E-state index contributed by atoms with van der Waals surface area (Å²) in [5, 5.41) is 15.4. The maximum Gasteiger partial charge on any atom is 0.239 e. The lowest BCUT2D eigenvalue weighted by atomic mass is 10.0. The number of benzene rings is 1. The van der Waals surface area contributed by atoms with E-state index in [9.17, 15) is 19.1 Å². The molecule has 2 rings (SSSR count). The minimum absolute atomic E-state index is 0.0185. The first-order valence-electron chi connectivity index (χ1n) is 7.98. The molecule has 126 valence electrons. The summed E-state index contributed by atoms with van der Waals surface area (Å²) in [5.41, 5.74) is 0.522. The maximum atomic E-state index is 12.9. The van der Waals surface area contributed by atoms with Crippen molar-refractivity contribution in [3.05, 3.63) is 35.6 Å². The third-order valence-corrected chi connectivity index (χ3v) is 4.22. The molecule has 0 radical (unpaired) electrons. The Bertz CT molecular complexity index is 541. The molecular formula is C17H23FN2O3. The van der Waals surface area contributed by atoms with E-state index in [0.29, 0.717) is 5.56 Å². The zero-order valence-electron chi connectivity index (χ0n) is 13.2. The standard InChI is InChI=1S/C17H23FN2O3/c1-11(16(22)12-6-8-14(18)9-7-12)20-15(21)10-19-17(23)13-4-2-3-5-13/h6-9,11,13,16,22H,2-5,10H2,1H3,(H,19,23)(H,20,21). The molecule has 0 saturated heterocycles. The van der Waals surface area contributed by atoms with Gasteiger partial charge in [-0.15, -0.1) is 0 Å². The first-order chi connectivity index (χ1) is 11.0. The van der Waals surface area contributed by atoms with Gasteiger partial charge in [0.1, 0.15) is 5.82 Å². The van der Waals surface area contributed by atoms with E-state index in [1.165, 1.54) is 24.3 Å². The molecule has 0 heterocycles. The highest BCUT2D eigenvalue weighted by Gasteiger charge is 2.23. The minimum Gasteiger partial charge on any atom is -0.386 e. The summed E-state index contributed by atoms with van der Waals surface area (Å²) >= 11 is 0. The van der Waals surface area contributed by atoms with Gasteiger partial charge in [0.2, 0.25) is 11.8 Å². The zero-order chi connectivity index (χ0) is 16.8. The topological polar surface area (TPSA) is 78.4 Å². The summed E-state index contributed by atoms with van der Waals surface area (Å²) in [6, 6.07) is 4.93. The number of rotatable bonds is 6. The number of amides is 2. The van der Waals surface area contributed by atoms with Gasteiger partial charge in [-0.1, -0.05) is 25.0 Å². The van der Waals surface area contributed by atoms with Crippen LogP contribution in [0.3, 0.4) is 0 Å². The molecule has 0 aliphatic heterocycles. The molecule has 1 aliphatic rings. The number of aliphatic hydroxyl groups excluding tert-OH is 1. The normalized spacial score (nSPS) is 17.5. The van der Waals surface area contributed by atoms with Crippen molar-refractivity contribution in [2.45, 2.75) is 44.8 Å². The molecule has 23 heavy (non-hydrogen) atoms. The van der Waals surface area contributed by atoms with E-state index in [1.54, 1.807) is 6.92 Å². The smallest absolute Gasteiger partial charge is 0.239 e. The minimum atomic E-state index is -0.940. The summed E-state index contributed by atoms with van der Waals surface area (Å²) in [4.78, 5) is 23.7. The highest BCUT2D eigenvalue weighted by molar-refractivity contribution is 5.86. The van der Waals surface area contributed by atoms with Gasteiger partial charge in [-0.3, -0.25) is 9.59 Å². The van der Waals surface area contributed by atoms with Crippen LogP contribution < -0.4 is 10.6 Å². The maximum absolute atomic E-state index is 12.9. The van der Waals surface area contributed by atoms with Crippen molar-refractivity contribution in [2.24, 2.45) is 5.92 Å². The number of hydrogen-bond acceptors (Lipinski definition) is 3. The van der Waals surface area contributed by atoms with Crippen LogP contribution in [0.25, 0.3) is 0 Å². The second-order valence-corrected chi connectivity index (χ2v) is 6.05. The quantitative estimate of drug-likeness (QED) is 0.745. The number of halogens is 1. The lowest BCUT2D eigenvalue weighted by Crippen LogP contribution is -2.44.